The van der Waals surface area contributed by atoms with Crippen molar-refractivity contribution in [3.63, 3.8) is 0 Å². The van der Waals surface area contributed by atoms with E-state index in [0.29, 0.717) is 6.61 Å². The van der Waals surface area contributed by atoms with Gasteiger partial charge in [-0.25, -0.2) is 4.98 Å². The van der Waals surface area contributed by atoms with Gasteiger partial charge in [0.25, 0.3) is 0 Å². The zero-order valence-electron chi connectivity index (χ0n) is 11.1. The molecule has 1 heterocycles. The summed E-state index contributed by atoms with van der Waals surface area (Å²) in [5.74, 6) is 0.869. The molecule has 0 radical (unpaired) electrons. The SMILES string of the molecule is CCOc1cccc2sc(SNC(C)(C)C)nc12. The lowest BCUT2D eigenvalue weighted by molar-refractivity contribution is 0.343. The van der Waals surface area contributed by atoms with Crippen LogP contribution in [-0.2, 0) is 0 Å². The van der Waals surface area contributed by atoms with Gasteiger partial charge in [0.2, 0.25) is 0 Å². The van der Waals surface area contributed by atoms with Crippen LogP contribution in [0.15, 0.2) is 22.5 Å². The van der Waals surface area contributed by atoms with E-state index in [1.54, 1.807) is 23.3 Å². The first-order valence-corrected chi connectivity index (χ1v) is 7.59. The van der Waals surface area contributed by atoms with Gasteiger partial charge < -0.3 is 4.74 Å². The van der Waals surface area contributed by atoms with Crippen molar-refractivity contribution in [1.29, 1.82) is 0 Å². The lowest BCUT2D eigenvalue weighted by Crippen LogP contribution is -2.29. The second kappa shape index (κ2) is 5.47. The van der Waals surface area contributed by atoms with E-state index in [-0.39, 0.29) is 5.54 Å². The van der Waals surface area contributed by atoms with Gasteiger partial charge in [-0.05, 0) is 51.8 Å². The van der Waals surface area contributed by atoms with Crippen LogP contribution in [0.25, 0.3) is 10.2 Å². The van der Waals surface area contributed by atoms with Gasteiger partial charge in [0.05, 0.1) is 11.3 Å². The largest absolute Gasteiger partial charge is 0.492 e. The molecule has 0 aliphatic rings. The number of nitrogens with zero attached hydrogens (tertiary/aromatic N) is 1. The summed E-state index contributed by atoms with van der Waals surface area (Å²) in [7, 11) is 0. The third-order valence-corrected chi connectivity index (χ3v) is 4.40. The van der Waals surface area contributed by atoms with E-state index in [4.69, 9.17) is 4.74 Å². The molecule has 0 aliphatic heterocycles. The van der Waals surface area contributed by atoms with Crippen LogP contribution in [-0.4, -0.2) is 17.1 Å². The van der Waals surface area contributed by atoms with E-state index < -0.39 is 0 Å². The number of thiazole rings is 1. The van der Waals surface area contributed by atoms with Crippen molar-refractivity contribution in [3.8, 4) is 5.75 Å². The smallest absolute Gasteiger partial charge is 0.166 e. The monoisotopic (exact) mass is 282 g/mol. The Morgan fingerprint density at radius 3 is 2.83 bits per heavy atom. The summed E-state index contributed by atoms with van der Waals surface area (Å²) < 4.78 is 11.2. The molecule has 0 amide bonds. The Kier molecular flexibility index (Phi) is 4.14. The Morgan fingerprint density at radius 2 is 2.17 bits per heavy atom. The van der Waals surface area contributed by atoms with E-state index in [9.17, 15) is 0 Å². The normalized spacial score (nSPS) is 12.0. The van der Waals surface area contributed by atoms with E-state index in [1.165, 1.54) is 4.70 Å². The minimum Gasteiger partial charge on any atom is -0.492 e. The standard InChI is InChI=1S/C13H18N2OS2/c1-5-16-9-7-6-8-10-11(9)14-12(17-10)18-15-13(2,3)4/h6-8,15H,5H2,1-4H3. The maximum absolute atomic E-state index is 5.59. The molecule has 1 N–H and O–H groups in total. The molecule has 1 aromatic carbocycles. The van der Waals surface area contributed by atoms with Crippen LogP contribution < -0.4 is 9.46 Å². The number of nitrogens with one attached hydrogen (secondary N) is 1. The van der Waals surface area contributed by atoms with E-state index in [0.717, 1.165) is 15.6 Å². The van der Waals surface area contributed by atoms with Crippen LogP contribution in [0.4, 0.5) is 0 Å². The zero-order valence-corrected chi connectivity index (χ0v) is 12.7. The van der Waals surface area contributed by atoms with Crippen molar-refractivity contribution in [2.75, 3.05) is 6.61 Å². The summed E-state index contributed by atoms with van der Waals surface area (Å²) in [6.45, 7) is 9.07. The predicted octanol–water partition coefficient (Wildman–Crippen LogP) is 4.09. The Morgan fingerprint density at radius 1 is 1.39 bits per heavy atom. The van der Waals surface area contributed by atoms with Gasteiger partial charge in [-0.2, -0.15) is 0 Å². The number of hydrogen-bond donors (Lipinski definition) is 1. The molecule has 5 heteroatoms. The fourth-order valence-corrected chi connectivity index (χ4v) is 3.22. The molecule has 1 aromatic heterocycles. The predicted molar refractivity (Wildman–Crippen MR) is 79.5 cm³/mol. The van der Waals surface area contributed by atoms with Crippen molar-refractivity contribution in [3.05, 3.63) is 18.2 Å². The van der Waals surface area contributed by atoms with E-state index in [1.807, 2.05) is 19.1 Å². The molecule has 2 rings (SSSR count). The maximum atomic E-state index is 5.59. The van der Waals surface area contributed by atoms with Gasteiger partial charge in [-0.15, -0.1) is 11.3 Å². The molecule has 0 atom stereocenters. The average molecular weight is 282 g/mol. The first kappa shape index (κ1) is 13.6. The van der Waals surface area contributed by atoms with Crippen molar-refractivity contribution in [1.82, 2.24) is 9.71 Å². The van der Waals surface area contributed by atoms with Crippen LogP contribution in [0, 0.1) is 0 Å². The first-order valence-electron chi connectivity index (χ1n) is 5.96. The second-order valence-electron chi connectivity index (χ2n) is 4.97. The number of aromatic nitrogens is 1. The zero-order chi connectivity index (χ0) is 13.2. The Balaban J connectivity index is 2.24. The molecule has 98 valence electrons. The van der Waals surface area contributed by atoms with Crippen molar-refractivity contribution in [2.45, 2.75) is 37.6 Å². The Bertz CT molecular complexity index is 531. The number of fused-ring (bicyclic) bond motifs is 1. The maximum Gasteiger partial charge on any atom is 0.166 e. The molecule has 0 bridgehead atoms. The fourth-order valence-electron chi connectivity index (χ4n) is 1.42. The van der Waals surface area contributed by atoms with Gasteiger partial charge in [0.15, 0.2) is 4.34 Å². The number of benzene rings is 1. The minimum absolute atomic E-state index is 0.0747. The van der Waals surface area contributed by atoms with Gasteiger partial charge >= 0.3 is 0 Å². The van der Waals surface area contributed by atoms with Gasteiger partial charge in [-0.3, -0.25) is 4.72 Å². The first-order chi connectivity index (χ1) is 8.49. The van der Waals surface area contributed by atoms with Crippen molar-refractivity contribution >= 4 is 33.5 Å². The molecule has 0 spiro atoms. The lowest BCUT2D eigenvalue weighted by Gasteiger charge is -2.17. The van der Waals surface area contributed by atoms with Crippen LogP contribution in [0.5, 0.6) is 5.75 Å². The third kappa shape index (κ3) is 3.37. The number of hydrogen-bond acceptors (Lipinski definition) is 5. The highest BCUT2D eigenvalue weighted by molar-refractivity contribution is 7.99. The van der Waals surface area contributed by atoms with Crippen LogP contribution in [0.2, 0.25) is 0 Å². The van der Waals surface area contributed by atoms with Crippen molar-refractivity contribution < 1.29 is 4.74 Å². The summed E-state index contributed by atoms with van der Waals surface area (Å²) >= 11 is 3.27. The molecule has 2 aromatic rings. The highest BCUT2D eigenvalue weighted by atomic mass is 32.2. The van der Waals surface area contributed by atoms with E-state index >= 15 is 0 Å². The van der Waals surface area contributed by atoms with E-state index in [2.05, 4.69) is 36.5 Å². The topological polar surface area (TPSA) is 34.1 Å². The quantitative estimate of drug-likeness (QED) is 0.856. The summed E-state index contributed by atoms with van der Waals surface area (Å²) in [5.41, 5.74) is 1.04. The lowest BCUT2D eigenvalue weighted by atomic mass is 10.1. The van der Waals surface area contributed by atoms with Gasteiger partial charge in [0, 0.05) is 5.54 Å². The summed E-state index contributed by atoms with van der Waals surface area (Å²) in [5, 5.41) is 0. The molecule has 0 fully saturated rings. The van der Waals surface area contributed by atoms with Crippen LogP contribution >= 0.6 is 23.3 Å². The summed E-state index contributed by atoms with van der Waals surface area (Å²) in [4.78, 5) is 4.63. The van der Waals surface area contributed by atoms with Gasteiger partial charge in [0.1, 0.15) is 11.3 Å². The fraction of sp³-hybridized carbons (Fsp3) is 0.462. The number of rotatable bonds is 4. The molecule has 0 saturated carbocycles. The average Bonchev–Trinajstić information content (AvgIpc) is 2.70. The molecule has 0 aliphatic carbocycles. The molecule has 3 nitrogen and oxygen atoms in total. The third-order valence-electron chi connectivity index (χ3n) is 2.11. The highest BCUT2D eigenvalue weighted by Gasteiger charge is 2.13. The molecule has 0 unspecified atom stereocenters. The molecular weight excluding hydrogens is 264 g/mol. The van der Waals surface area contributed by atoms with Crippen LogP contribution in [0.1, 0.15) is 27.7 Å². The minimum atomic E-state index is 0.0747. The second-order valence-corrected chi connectivity index (χ2v) is 7.05. The summed E-state index contributed by atoms with van der Waals surface area (Å²) in [6.07, 6.45) is 0. The highest BCUT2D eigenvalue weighted by Crippen LogP contribution is 2.33. The van der Waals surface area contributed by atoms with Gasteiger partial charge in [-0.1, -0.05) is 6.07 Å². The Labute approximate surface area is 116 Å². The number of ether oxygens (including phenoxy) is 1. The summed E-state index contributed by atoms with van der Waals surface area (Å²) in [6, 6.07) is 6.06. The number of para-hydroxylation sites is 1. The Hall–Kier alpha value is -0.780. The van der Waals surface area contributed by atoms with Crippen LogP contribution in [0.3, 0.4) is 0 Å². The molecular formula is C13H18N2OS2. The molecule has 0 saturated heterocycles. The van der Waals surface area contributed by atoms with Crippen molar-refractivity contribution in [2.24, 2.45) is 0 Å². The molecule has 18 heavy (non-hydrogen) atoms.